The second-order valence-corrected chi connectivity index (χ2v) is 8.50. The molecule has 3 aromatic rings. The van der Waals surface area contributed by atoms with Crippen molar-refractivity contribution in [3.8, 4) is 22.6 Å². The van der Waals surface area contributed by atoms with Gasteiger partial charge in [0.2, 0.25) is 5.95 Å². The zero-order valence-corrected chi connectivity index (χ0v) is 20.0. The molecular weight excluding hydrogens is 414 g/mol. The van der Waals surface area contributed by atoms with Crippen LogP contribution >= 0.6 is 0 Å². The number of hydrogen-bond donors (Lipinski definition) is 0. The molecule has 0 radical (unpaired) electrons. The van der Waals surface area contributed by atoms with Crippen LogP contribution in [0.15, 0.2) is 48.9 Å². The second kappa shape index (κ2) is 10.6. The number of benzene rings is 1. The largest absolute Gasteiger partial charge is 0.493 e. The molecule has 1 atom stereocenters. The van der Waals surface area contributed by atoms with E-state index in [0.29, 0.717) is 6.61 Å². The fourth-order valence-corrected chi connectivity index (χ4v) is 4.42. The average Bonchev–Trinajstić information content (AvgIpc) is 2.85. The van der Waals surface area contributed by atoms with Crippen molar-refractivity contribution in [2.45, 2.75) is 38.8 Å². The molecule has 174 valence electrons. The fourth-order valence-electron chi connectivity index (χ4n) is 4.42. The standard InChI is InChI=1S/C26H33N5O2/c1-5-33-23-10-9-19(16-24(23)32-4)18-31-15-7-6-8-22(31)25-21(20-11-13-27-14-12-20)17-28-26(29-25)30(2)3/h9-14,16-17,22H,5-8,15,18H2,1-4H3. The maximum atomic E-state index is 5.70. The Morgan fingerprint density at radius 1 is 1.09 bits per heavy atom. The molecule has 7 nitrogen and oxygen atoms in total. The molecule has 0 bridgehead atoms. The van der Waals surface area contributed by atoms with Crippen molar-refractivity contribution in [1.82, 2.24) is 19.9 Å². The predicted octanol–water partition coefficient (Wildman–Crippen LogP) is 4.74. The highest BCUT2D eigenvalue weighted by Gasteiger charge is 2.29. The van der Waals surface area contributed by atoms with Crippen LogP contribution in [-0.2, 0) is 6.54 Å². The highest BCUT2D eigenvalue weighted by molar-refractivity contribution is 5.66. The van der Waals surface area contributed by atoms with Gasteiger partial charge in [-0.2, -0.15) is 0 Å². The summed E-state index contributed by atoms with van der Waals surface area (Å²) in [6.07, 6.45) is 9.04. The summed E-state index contributed by atoms with van der Waals surface area (Å²) >= 11 is 0. The third kappa shape index (κ3) is 5.25. The molecular formula is C26H33N5O2. The molecule has 0 spiro atoms. The van der Waals surface area contributed by atoms with Gasteiger partial charge in [0, 0.05) is 44.8 Å². The maximum Gasteiger partial charge on any atom is 0.225 e. The number of pyridine rings is 1. The molecule has 0 amide bonds. The van der Waals surface area contributed by atoms with E-state index in [2.05, 4.69) is 27.0 Å². The third-order valence-corrected chi connectivity index (χ3v) is 6.04. The monoisotopic (exact) mass is 447 g/mol. The van der Waals surface area contributed by atoms with Crippen LogP contribution in [0.1, 0.15) is 43.5 Å². The minimum Gasteiger partial charge on any atom is -0.493 e. The lowest BCUT2D eigenvalue weighted by molar-refractivity contribution is 0.137. The molecule has 1 aliphatic rings. The number of anilines is 1. The smallest absolute Gasteiger partial charge is 0.225 e. The highest BCUT2D eigenvalue weighted by Crippen LogP contribution is 2.38. The van der Waals surface area contributed by atoms with Crippen LogP contribution in [-0.4, -0.2) is 54.2 Å². The van der Waals surface area contributed by atoms with Crippen molar-refractivity contribution < 1.29 is 9.47 Å². The number of hydrogen-bond acceptors (Lipinski definition) is 7. The second-order valence-electron chi connectivity index (χ2n) is 8.50. The van der Waals surface area contributed by atoms with Crippen molar-refractivity contribution >= 4 is 5.95 Å². The summed E-state index contributed by atoms with van der Waals surface area (Å²) in [7, 11) is 5.65. The molecule has 33 heavy (non-hydrogen) atoms. The summed E-state index contributed by atoms with van der Waals surface area (Å²) < 4.78 is 11.3. The summed E-state index contributed by atoms with van der Waals surface area (Å²) in [6.45, 7) is 4.45. The quantitative estimate of drug-likeness (QED) is 0.494. The van der Waals surface area contributed by atoms with Crippen molar-refractivity contribution in [3.05, 3.63) is 60.2 Å². The van der Waals surface area contributed by atoms with Gasteiger partial charge in [-0.1, -0.05) is 12.5 Å². The topological polar surface area (TPSA) is 63.6 Å². The van der Waals surface area contributed by atoms with Gasteiger partial charge in [-0.05, 0) is 61.7 Å². The summed E-state index contributed by atoms with van der Waals surface area (Å²) in [4.78, 5) is 18.3. The molecule has 1 aliphatic heterocycles. The van der Waals surface area contributed by atoms with Crippen LogP contribution in [0.25, 0.3) is 11.1 Å². The first-order valence-corrected chi connectivity index (χ1v) is 11.6. The van der Waals surface area contributed by atoms with E-state index in [1.807, 2.05) is 62.7 Å². The number of ether oxygens (including phenoxy) is 2. The number of aromatic nitrogens is 3. The number of rotatable bonds is 8. The third-order valence-electron chi connectivity index (χ3n) is 6.04. The van der Waals surface area contributed by atoms with Crippen LogP contribution < -0.4 is 14.4 Å². The van der Waals surface area contributed by atoms with Crippen molar-refractivity contribution in [1.29, 1.82) is 0 Å². The van der Waals surface area contributed by atoms with E-state index in [1.165, 1.54) is 18.4 Å². The Labute approximate surface area is 196 Å². The summed E-state index contributed by atoms with van der Waals surface area (Å²) in [5.74, 6) is 2.29. The molecule has 0 aliphatic carbocycles. The Morgan fingerprint density at radius 3 is 2.64 bits per heavy atom. The van der Waals surface area contributed by atoms with Crippen LogP contribution in [0, 0.1) is 0 Å². The Bertz CT molecular complexity index is 1060. The molecule has 2 aromatic heterocycles. The number of piperidine rings is 1. The molecule has 4 rings (SSSR count). The van der Waals surface area contributed by atoms with Gasteiger partial charge in [-0.15, -0.1) is 0 Å². The minimum absolute atomic E-state index is 0.209. The van der Waals surface area contributed by atoms with Crippen LogP contribution in [0.2, 0.25) is 0 Å². The lowest BCUT2D eigenvalue weighted by Gasteiger charge is -2.36. The van der Waals surface area contributed by atoms with Gasteiger partial charge in [-0.25, -0.2) is 9.97 Å². The van der Waals surface area contributed by atoms with Crippen molar-refractivity contribution in [2.75, 3.05) is 39.3 Å². The minimum atomic E-state index is 0.209. The first-order valence-electron chi connectivity index (χ1n) is 11.6. The predicted molar refractivity (Wildman–Crippen MR) is 131 cm³/mol. The van der Waals surface area contributed by atoms with Gasteiger partial charge >= 0.3 is 0 Å². The van der Waals surface area contributed by atoms with E-state index in [-0.39, 0.29) is 6.04 Å². The zero-order chi connectivity index (χ0) is 23.2. The van der Waals surface area contributed by atoms with Gasteiger partial charge in [0.05, 0.1) is 25.5 Å². The van der Waals surface area contributed by atoms with Crippen LogP contribution in [0.4, 0.5) is 5.95 Å². The summed E-state index contributed by atoms with van der Waals surface area (Å²) in [6, 6.07) is 10.5. The van der Waals surface area contributed by atoms with E-state index in [4.69, 9.17) is 14.5 Å². The fraction of sp³-hybridized carbons (Fsp3) is 0.423. The molecule has 1 aromatic carbocycles. The SMILES string of the molecule is CCOc1ccc(CN2CCCCC2c2nc(N(C)C)ncc2-c2ccncc2)cc1OC. The number of likely N-dealkylation sites (tertiary alicyclic amines) is 1. The van der Waals surface area contributed by atoms with Crippen molar-refractivity contribution in [3.63, 3.8) is 0 Å². The van der Waals surface area contributed by atoms with Crippen LogP contribution in [0.5, 0.6) is 11.5 Å². The Kier molecular flexibility index (Phi) is 7.40. The Morgan fingerprint density at radius 2 is 1.91 bits per heavy atom. The zero-order valence-electron chi connectivity index (χ0n) is 20.0. The lowest BCUT2D eigenvalue weighted by atomic mass is 9.93. The molecule has 1 saturated heterocycles. The average molecular weight is 448 g/mol. The maximum absolute atomic E-state index is 5.70. The first-order chi connectivity index (χ1) is 16.1. The van der Waals surface area contributed by atoms with Gasteiger partial charge in [0.15, 0.2) is 11.5 Å². The number of methoxy groups -OCH3 is 1. The van der Waals surface area contributed by atoms with E-state index >= 15 is 0 Å². The Balaban J connectivity index is 1.69. The summed E-state index contributed by atoms with van der Waals surface area (Å²) in [5, 5.41) is 0. The van der Waals surface area contributed by atoms with Gasteiger partial charge in [0.1, 0.15) is 0 Å². The molecule has 7 heteroatoms. The molecule has 1 unspecified atom stereocenters. The van der Waals surface area contributed by atoms with E-state index < -0.39 is 0 Å². The lowest BCUT2D eigenvalue weighted by Crippen LogP contribution is -2.34. The van der Waals surface area contributed by atoms with E-state index in [1.54, 1.807) is 7.11 Å². The van der Waals surface area contributed by atoms with Crippen LogP contribution in [0.3, 0.4) is 0 Å². The molecule has 0 N–H and O–H groups in total. The molecule has 3 heterocycles. The van der Waals surface area contributed by atoms with E-state index in [9.17, 15) is 0 Å². The Hall–Kier alpha value is -3.19. The molecule has 1 fully saturated rings. The summed E-state index contributed by atoms with van der Waals surface area (Å²) in [5.41, 5.74) is 4.45. The van der Waals surface area contributed by atoms with E-state index in [0.717, 1.165) is 53.8 Å². The first kappa shape index (κ1) is 23.0. The molecule has 0 saturated carbocycles. The highest BCUT2D eigenvalue weighted by atomic mass is 16.5. The van der Waals surface area contributed by atoms with Gasteiger partial charge in [-0.3, -0.25) is 9.88 Å². The van der Waals surface area contributed by atoms with Gasteiger partial charge < -0.3 is 14.4 Å². The van der Waals surface area contributed by atoms with Gasteiger partial charge in [0.25, 0.3) is 0 Å². The normalized spacial score (nSPS) is 16.4. The number of nitrogens with zero attached hydrogens (tertiary/aromatic N) is 5. The van der Waals surface area contributed by atoms with Crippen molar-refractivity contribution in [2.24, 2.45) is 0 Å².